The molecule has 0 saturated heterocycles. The minimum absolute atomic E-state index is 0.0107. The Hall–Kier alpha value is -0.0800. The average Bonchev–Trinajstić information content (AvgIpc) is 2.90. The highest BCUT2D eigenvalue weighted by atomic mass is 31.0. The molecule has 2 aliphatic rings. The van der Waals surface area contributed by atoms with E-state index in [2.05, 4.69) is 14.1 Å². The zero-order chi connectivity index (χ0) is 10.0. The summed E-state index contributed by atoms with van der Waals surface area (Å²) in [5, 5.41) is 0.0107. The standard InChI is InChI=1S/C12H21NP/c1-13-12(14)7-5-3-2-4-6-10-8-11(10)9-12/h1,10-11H,2-9,14H2/q+1. The number of nitrogens with zero attached hydrogens (tertiary/aromatic N) is 1. The lowest BCUT2D eigenvalue weighted by atomic mass is 9.97. The summed E-state index contributed by atoms with van der Waals surface area (Å²) in [5.74, 6) is 1.94. The van der Waals surface area contributed by atoms with Crippen molar-refractivity contribution >= 4 is 9.24 Å². The SMILES string of the molecule is C#[N+]C1(P)CCCCCCC2CC2C1. The zero-order valence-corrected chi connectivity index (χ0v) is 10.1. The first-order chi connectivity index (χ1) is 6.73. The van der Waals surface area contributed by atoms with Crippen molar-refractivity contribution in [1.29, 1.82) is 0 Å². The zero-order valence-electron chi connectivity index (χ0n) is 8.91. The second-order valence-corrected chi connectivity index (χ2v) is 6.22. The lowest BCUT2D eigenvalue weighted by molar-refractivity contribution is 0.454. The van der Waals surface area contributed by atoms with E-state index >= 15 is 0 Å². The number of hydrogen-bond donors (Lipinski definition) is 0. The predicted molar refractivity (Wildman–Crippen MR) is 64.7 cm³/mol. The first-order valence-electron chi connectivity index (χ1n) is 5.94. The van der Waals surface area contributed by atoms with Crippen molar-refractivity contribution in [3.63, 3.8) is 0 Å². The third kappa shape index (κ3) is 2.48. The van der Waals surface area contributed by atoms with Crippen molar-refractivity contribution < 1.29 is 0 Å². The maximum absolute atomic E-state index is 5.53. The Morgan fingerprint density at radius 3 is 2.71 bits per heavy atom. The molecule has 4 atom stereocenters. The van der Waals surface area contributed by atoms with Gasteiger partial charge >= 0.3 is 0 Å². The molecular weight excluding hydrogens is 189 g/mol. The second-order valence-electron chi connectivity index (χ2n) is 5.15. The topological polar surface area (TPSA) is 4.36 Å². The number of hydrogen-bond acceptors (Lipinski definition) is 0. The largest absolute Gasteiger partial charge is 0.290 e. The quantitative estimate of drug-likeness (QED) is 0.534. The van der Waals surface area contributed by atoms with Gasteiger partial charge in [-0.15, -0.1) is 0 Å². The third-order valence-corrected chi connectivity index (χ3v) is 4.55. The van der Waals surface area contributed by atoms with Gasteiger partial charge in [0, 0.05) is 12.8 Å². The highest BCUT2D eigenvalue weighted by Gasteiger charge is 2.46. The monoisotopic (exact) mass is 210 g/mol. The Bertz CT molecular complexity index is 245. The van der Waals surface area contributed by atoms with Gasteiger partial charge in [0.1, 0.15) is 0 Å². The van der Waals surface area contributed by atoms with Gasteiger partial charge in [0.25, 0.3) is 11.9 Å². The molecule has 2 fully saturated rings. The van der Waals surface area contributed by atoms with Crippen molar-refractivity contribution in [3.05, 3.63) is 4.85 Å². The van der Waals surface area contributed by atoms with E-state index in [9.17, 15) is 0 Å². The maximum Gasteiger partial charge on any atom is 0.290 e. The summed E-state index contributed by atoms with van der Waals surface area (Å²) >= 11 is 0. The third-order valence-electron chi connectivity index (χ3n) is 3.88. The van der Waals surface area contributed by atoms with Crippen molar-refractivity contribution in [3.8, 4) is 6.57 Å². The molecule has 1 nitrogen and oxygen atoms in total. The molecule has 2 saturated carbocycles. The van der Waals surface area contributed by atoms with Gasteiger partial charge in [-0.05, 0) is 33.9 Å². The fourth-order valence-electron chi connectivity index (χ4n) is 2.78. The fraction of sp³-hybridized carbons (Fsp3) is 0.917. The second kappa shape index (κ2) is 4.19. The van der Waals surface area contributed by atoms with Gasteiger partial charge in [-0.2, -0.15) is 0 Å². The van der Waals surface area contributed by atoms with Gasteiger partial charge in [0.15, 0.2) is 0 Å². The van der Waals surface area contributed by atoms with Crippen LogP contribution in [0.3, 0.4) is 0 Å². The fourth-order valence-corrected chi connectivity index (χ4v) is 3.29. The Labute approximate surface area is 89.7 Å². The van der Waals surface area contributed by atoms with Crippen LogP contribution in [-0.4, -0.2) is 5.28 Å². The summed E-state index contributed by atoms with van der Waals surface area (Å²) in [5.41, 5.74) is 0. The van der Waals surface area contributed by atoms with Crippen molar-refractivity contribution in [1.82, 2.24) is 0 Å². The Balaban J connectivity index is 1.95. The summed E-state index contributed by atoms with van der Waals surface area (Å²) in [6, 6.07) is 0. The molecule has 4 unspecified atom stereocenters. The summed E-state index contributed by atoms with van der Waals surface area (Å²) in [7, 11) is 2.90. The molecule has 2 aliphatic carbocycles. The number of fused-ring (bicyclic) bond motifs is 1. The molecule has 0 bridgehead atoms. The normalized spacial score (nSPS) is 43.4. The average molecular weight is 210 g/mol. The van der Waals surface area contributed by atoms with E-state index in [-0.39, 0.29) is 5.28 Å². The van der Waals surface area contributed by atoms with E-state index in [1.807, 2.05) is 0 Å². The first-order valence-corrected chi connectivity index (χ1v) is 6.52. The van der Waals surface area contributed by atoms with Crippen LogP contribution in [0.5, 0.6) is 0 Å². The van der Waals surface area contributed by atoms with Gasteiger partial charge in [-0.25, -0.2) is 0 Å². The van der Waals surface area contributed by atoms with E-state index in [0.29, 0.717) is 0 Å². The van der Waals surface area contributed by atoms with Gasteiger partial charge < -0.3 is 0 Å². The summed E-state index contributed by atoms with van der Waals surface area (Å²) in [6.45, 7) is 5.53. The van der Waals surface area contributed by atoms with E-state index in [1.165, 1.54) is 44.9 Å². The van der Waals surface area contributed by atoms with Crippen LogP contribution in [0.4, 0.5) is 0 Å². The van der Waals surface area contributed by atoms with E-state index in [1.54, 1.807) is 0 Å². The molecule has 0 spiro atoms. The van der Waals surface area contributed by atoms with E-state index < -0.39 is 0 Å². The predicted octanol–water partition coefficient (Wildman–Crippen LogP) is 3.90. The van der Waals surface area contributed by atoms with Crippen LogP contribution in [0.2, 0.25) is 0 Å². The molecule has 2 heteroatoms. The highest BCUT2D eigenvalue weighted by Crippen LogP contribution is 2.51. The molecule has 0 N–H and O–H groups in total. The van der Waals surface area contributed by atoms with Crippen LogP contribution in [-0.2, 0) is 0 Å². The van der Waals surface area contributed by atoms with Crippen molar-refractivity contribution in [2.24, 2.45) is 11.8 Å². The summed E-state index contributed by atoms with van der Waals surface area (Å²) < 4.78 is 0. The molecule has 2 rings (SSSR count). The maximum atomic E-state index is 5.53. The molecule has 0 aliphatic heterocycles. The first kappa shape index (κ1) is 10.4. The summed E-state index contributed by atoms with van der Waals surface area (Å²) in [6.07, 6.45) is 10.8. The van der Waals surface area contributed by atoms with Crippen LogP contribution in [0.25, 0.3) is 4.85 Å². The van der Waals surface area contributed by atoms with Gasteiger partial charge in [0.05, 0.1) is 0 Å². The lowest BCUT2D eigenvalue weighted by Crippen LogP contribution is -2.17. The van der Waals surface area contributed by atoms with E-state index in [4.69, 9.17) is 6.57 Å². The smallest absolute Gasteiger partial charge is 0.0765 e. The Morgan fingerprint density at radius 2 is 1.93 bits per heavy atom. The highest BCUT2D eigenvalue weighted by molar-refractivity contribution is 7.19. The van der Waals surface area contributed by atoms with Gasteiger partial charge in [-0.3, -0.25) is 0 Å². The molecule has 78 valence electrons. The van der Waals surface area contributed by atoms with Crippen molar-refractivity contribution in [2.75, 3.05) is 0 Å². The van der Waals surface area contributed by atoms with E-state index in [0.717, 1.165) is 18.3 Å². The molecule has 14 heavy (non-hydrogen) atoms. The Morgan fingerprint density at radius 1 is 1.14 bits per heavy atom. The van der Waals surface area contributed by atoms with Crippen LogP contribution in [0.15, 0.2) is 0 Å². The molecule has 0 heterocycles. The molecule has 0 aromatic carbocycles. The lowest BCUT2D eigenvalue weighted by Gasteiger charge is -2.14. The minimum Gasteiger partial charge on any atom is -0.0765 e. The molecule has 0 amide bonds. The minimum atomic E-state index is 0.0107. The van der Waals surface area contributed by atoms with Gasteiger partial charge in [-0.1, -0.05) is 30.5 Å². The van der Waals surface area contributed by atoms with Crippen LogP contribution < -0.4 is 0 Å². The van der Waals surface area contributed by atoms with Gasteiger partial charge in [0.2, 0.25) is 0 Å². The van der Waals surface area contributed by atoms with Crippen LogP contribution in [0, 0.1) is 18.4 Å². The molecule has 0 aromatic heterocycles. The molecule has 0 aromatic rings. The molecular formula is C12H21NP+. The summed E-state index contributed by atoms with van der Waals surface area (Å²) in [4.78, 5) is 4.09. The molecule has 0 radical (unpaired) electrons. The van der Waals surface area contributed by atoms with Crippen LogP contribution in [0.1, 0.15) is 51.4 Å². The van der Waals surface area contributed by atoms with Crippen LogP contribution >= 0.6 is 9.24 Å². The Kier molecular flexibility index (Phi) is 3.13. The van der Waals surface area contributed by atoms with Crippen molar-refractivity contribution in [2.45, 2.75) is 56.6 Å². The number of rotatable bonds is 0.